The Labute approximate surface area is 150 Å². The molecule has 2 rings (SSSR count). The van der Waals surface area contributed by atoms with Crippen molar-refractivity contribution in [2.24, 2.45) is 11.8 Å². The first-order chi connectivity index (χ1) is 12.2. The van der Waals surface area contributed by atoms with Crippen molar-refractivity contribution in [2.45, 2.75) is 58.3 Å². The Bertz CT molecular complexity index is 572. The van der Waals surface area contributed by atoms with E-state index in [0.29, 0.717) is 30.4 Å². The third-order valence-electron chi connectivity index (χ3n) is 5.02. The van der Waals surface area contributed by atoms with E-state index in [4.69, 9.17) is 4.74 Å². The van der Waals surface area contributed by atoms with Crippen LogP contribution in [0.3, 0.4) is 0 Å². The van der Waals surface area contributed by atoms with Crippen molar-refractivity contribution in [3.8, 4) is 5.75 Å². The summed E-state index contributed by atoms with van der Waals surface area (Å²) in [7, 11) is 0. The first kappa shape index (κ1) is 19.7. The Kier molecular flexibility index (Phi) is 8.17. The number of halogens is 2. The maximum atomic E-state index is 14.1. The molecule has 3 heteroatoms. The molecule has 0 amide bonds. The monoisotopic (exact) mass is 348 g/mol. The summed E-state index contributed by atoms with van der Waals surface area (Å²) < 4.78 is 33.5. The van der Waals surface area contributed by atoms with Crippen LogP contribution in [-0.4, -0.2) is 6.61 Å². The summed E-state index contributed by atoms with van der Waals surface area (Å²) in [5.74, 6) is -0.328. The highest BCUT2D eigenvalue weighted by molar-refractivity contribution is 5.31. The van der Waals surface area contributed by atoms with E-state index in [0.717, 1.165) is 19.3 Å². The lowest BCUT2D eigenvalue weighted by atomic mass is 9.82. The number of unbranched alkanes of at least 4 members (excludes halogenated alkanes) is 1. The quantitative estimate of drug-likeness (QED) is 0.360. The van der Waals surface area contributed by atoms with Crippen molar-refractivity contribution in [2.75, 3.05) is 6.61 Å². The predicted octanol–water partition coefficient (Wildman–Crippen LogP) is 6.62. The van der Waals surface area contributed by atoms with Gasteiger partial charge in [0.2, 0.25) is 5.82 Å². The van der Waals surface area contributed by atoms with Gasteiger partial charge in [0.15, 0.2) is 11.6 Å². The maximum absolute atomic E-state index is 14.1. The molecule has 0 aliphatic heterocycles. The fraction of sp³-hybridized carbons (Fsp3) is 0.545. The smallest absolute Gasteiger partial charge is 0.200 e. The molecule has 0 unspecified atom stereocenters. The minimum Gasteiger partial charge on any atom is -0.490 e. The van der Waals surface area contributed by atoms with Gasteiger partial charge in [0.05, 0.1) is 6.61 Å². The van der Waals surface area contributed by atoms with Gasteiger partial charge in [-0.1, -0.05) is 37.6 Å². The van der Waals surface area contributed by atoms with Gasteiger partial charge in [-0.05, 0) is 68.4 Å². The van der Waals surface area contributed by atoms with E-state index >= 15 is 0 Å². The second-order valence-corrected chi connectivity index (χ2v) is 6.93. The molecule has 25 heavy (non-hydrogen) atoms. The molecular weight excluding hydrogens is 318 g/mol. The zero-order valence-corrected chi connectivity index (χ0v) is 15.3. The van der Waals surface area contributed by atoms with Crippen LogP contribution < -0.4 is 4.74 Å². The van der Waals surface area contributed by atoms with Crippen molar-refractivity contribution in [3.63, 3.8) is 0 Å². The lowest BCUT2D eigenvalue weighted by Gasteiger charge is -2.24. The van der Waals surface area contributed by atoms with E-state index in [-0.39, 0.29) is 5.75 Å². The number of hydrogen-bond acceptors (Lipinski definition) is 1. The number of hydrogen-bond donors (Lipinski definition) is 0. The molecule has 0 saturated heterocycles. The van der Waals surface area contributed by atoms with Crippen LogP contribution in [-0.2, 0) is 6.42 Å². The van der Waals surface area contributed by atoms with Gasteiger partial charge in [-0.25, -0.2) is 4.39 Å². The number of aryl methyl sites for hydroxylation is 1. The summed E-state index contributed by atoms with van der Waals surface area (Å²) in [4.78, 5) is 0. The van der Waals surface area contributed by atoms with E-state index < -0.39 is 11.6 Å². The van der Waals surface area contributed by atoms with Crippen molar-refractivity contribution in [3.05, 3.63) is 54.1 Å². The van der Waals surface area contributed by atoms with Crippen LogP contribution in [0.4, 0.5) is 8.78 Å². The molecule has 0 heterocycles. The lowest BCUT2D eigenvalue weighted by Crippen LogP contribution is -2.10. The summed E-state index contributed by atoms with van der Waals surface area (Å²) in [5, 5.41) is 0. The Hall–Kier alpha value is -1.64. The SMILES string of the molecule is C=CC1CCC(C=CCCc2ccc(OCCCC)c(F)c2F)CC1. The maximum Gasteiger partial charge on any atom is 0.200 e. The zero-order valence-electron chi connectivity index (χ0n) is 15.3. The van der Waals surface area contributed by atoms with Gasteiger partial charge >= 0.3 is 0 Å². The summed E-state index contributed by atoms with van der Waals surface area (Å²) >= 11 is 0. The van der Waals surface area contributed by atoms with E-state index in [1.807, 2.05) is 6.92 Å². The fourth-order valence-corrected chi connectivity index (χ4v) is 3.30. The topological polar surface area (TPSA) is 9.23 Å². The minimum atomic E-state index is -0.861. The molecule has 1 aliphatic rings. The molecule has 0 N–H and O–H groups in total. The van der Waals surface area contributed by atoms with Crippen molar-refractivity contribution in [1.29, 1.82) is 0 Å². The molecule has 0 atom stereocenters. The average Bonchev–Trinajstić information content (AvgIpc) is 2.64. The number of benzene rings is 1. The highest BCUT2D eigenvalue weighted by Crippen LogP contribution is 2.30. The largest absolute Gasteiger partial charge is 0.490 e. The molecule has 0 radical (unpaired) electrons. The van der Waals surface area contributed by atoms with Gasteiger partial charge < -0.3 is 4.74 Å². The van der Waals surface area contributed by atoms with Gasteiger partial charge in [0.25, 0.3) is 0 Å². The van der Waals surface area contributed by atoms with Gasteiger partial charge in [-0.2, -0.15) is 4.39 Å². The third kappa shape index (κ3) is 5.98. The summed E-state index contributed by atoms with van der Waals surface area (Å²) in [6.45, 7) is 6.32. The van der Waals surface area contributed by atoms with E-state index in [2.05, 4.69) is 24.8 Å². The Morgan fingerprint density at radius 1 is 1.12 bits per heavy atom. The number of allylic oxidation sites excluding steroid dienone is 3. The Morgan fingerprint density at radius 3 is 2.52 bits per heavy atom. The highest BCUT2D eigenvalue weighted by atomic mass is 19.2. The van der Waals surface area contributed by atoms with E-state index in [9.17, 15) is 8.78 Å². The Balaban J connectivity index is 1.81. The van der Waals surface area contributed by atoms with Gasteiger partial charge in [-0.3, -0.25) is 0 Å². The summed E-state index contributed by atoms with van der Waals surface area (Å²) in [6, 6.07) is 3.19. The Morgan fingerprint density at radius 2 is 1.84 bits per heavy atom. The molecule has 1 fully saturated rings. The van der Waals surface area contributed by atoms with Crippen LogP contribution >= 0.6 is 0 Å². The standard InChI is InChI=1S/C22H30F2O/c1-3-5-16-25-20-15-14-19(21(23)22(20)24)9-7-6-8-18-12-10-17(4-2)11-13-18/h4,6,8,14-15,17-18H,2-3,5,7,9-13,16H2,1H3. The van der Waals surface area contributed by atoms with Crippen LogP contribution in [0.5, 0.6) is 5.75 Å². The van der Waals surface area contributed by atoms with Crippen molar-refractivity contribution >= 4 is 0 Å². The normalized spacial score (nSPS) is 20.8. The van der Waals surface area contributed by atoms with Gasteiger partial charge in [0, 0.05) is 0 Å². The van der Waals surface area contributed by atoms with Gasteiger partial charge in [0.1, 0.15) is 0 Å². The molecular formula is C22H30F2O. The molecule has 1 aliphatic carbocycles. The van der Waals surface area contributed by atoms with E-state index in [1.54, 1.807) is 12.1 Å². The van der Waals surface area contributed by atoms with Crippen LogP contribution in [0.2, 0.25) is 0 Å². The molecule has 0 bridgehead atoms. The second kappa shape index (κ2) is 10.4. The van der Waals surface area contributed by atoms with Crippen LogP contribution in [0.25, 0.3) is 0 Å². The fourth-order valence-electron chi connectivity index (χ4n) is 3.30. The van der Waals surface area contributed by atoms with Crippen LogP contribution in [0.1, 0.15) is 57.4 Å². The van der Waals surface area contributed by atoms with Crippen LogP contribution in [0.15, 0.2) is 36.9 Å². The molecule has 1 saturated carbocycles. The molecule has 1 nitrogen and oxygen atoms in total. The third-order valence-corrected chi connectivity index (χ3v) is 5.02. The number of rotatable bonds is 9. The summed E-state index contributed by atoms with van der Waals surface area (Å²) in [6.07, 6.45) is 14.3. The van der Waals surface area contributed by atoms with E-state index in [1.165, 1.54) is 25.7 Å². The molecule has 1 aromatic carbocycles. The molecule has 1 aromatic rings. The highest BCUT2D eigenvalue weighted by Gasteiger charge is 2.17. The number of ether oxygens (including phenoxy) is 1. The van der Waals surface area contributed by atoms with Crippen molar-refractivity contribution in [1.82, 2.24) is 0 Å². The summed E-state index contributed by atoms with van der Waals surface area (Å²) in [5.41, 5.74) is 0.417. The second-order valence-electron chi connectivity index (χ2n) is 6.93. The molecule has 138 valence electrons. The lowest BCUT2D eigenvalue weighted by molar-refractivity contribution is 0.288. The molecule has 0 spiro atoms. The predicted molar refractivity (Wildman–Crippen MR) is 99.9 cm³/mol. The first-order valence-electron chi connectivity index (χ1n) is 9.54. The van der Waals surface area contributed by atoms with Gasteiger partial charge in [-0.15, -0.1) is 6.58 Å². The van der Waals surface area contributed by atoms with Crippen LogP contribution in [0, 0.1) is 23.5 Å². The zero-order chi connectivity index (χ0) is 18.1. The van der Waals surface area contributed by atoms with Crippen molar-refractivity contribution < 1.29 is 13.5 Å². The average molecular weight is 348 g/mol. The first-order valence-corrected chi connectivity index (χ1v) is 9.54. The minimum absolute atomic E-state index is 0.0178. The molecule has 0 aromatic heterocycles.